The minimum Gasteiger partial charge on any atom is -0.346 e. The first kappa shape index (κ1) is 23.5. The number of rotatable bonds is 8. The average Bonchev–Trinajstić information content (AvgIpc) is 2.77. The first-order chi connectivity index (χ1) is 15.2. The minimum absolute atomic E-state index is 0.116. The van der Waals surface area contributed by atoms with E-state index in [1.165, 1.54) is 16.1 Å². The van der Waals surface area contributed by atoms with Crippen molar-refractivity contribution in [1.29, 1.82) is 0 Å². The van der Waals surface area contributed by atoms with Crippen LogP contribution in [0.25, 0.3) is 0 Å². The van der Waals surface area contributed by atoms with Gasteiger partial charge in [0.2, 0.25) is 10.0 Å². The molecular weight excluding hydrogens is 420 g/mol. The number of anilines is 1. The van der Waals surface area contributed by atoms with Gasteiger partial charge in [-0.15, -0.1) is 0 Å². The molecule has 0 saturated carbocycles. The Morgan fingerprint density at radius 2 is 1.59 bits per heavy atom. The topological polar surface area (TPSA) is 66.5 Å². The SMILES string of the molecule is CCc1ccc(C(C)NC(=O)c2ccc(CN(c3cccc(C)c3)S(C)(=O)=O)cc2)cc1. The molecule has 3 aromatic rings. The number of carbonyl (C=O) groups excluding carboxylic acids is 1. The molecule has 0 saturated heterocycles. The molecule has 0 aliphatic rings. The van der Waals surface area contributed by atoms with Crippen molar-refractivity contribution in [3.8, 4) is 0 Å². The van der Waals surface area contributed by atoms with Crippen molar-refractivity contribution in [2.24, 2.45) is 0 Å². The molecule has 1 N–H and O–H groups in total. The number of benzene rings is 3. The van der Waals surface area contributed by atoms with Gasteiger partial charge in [-0.3, -0.25) is 9.10 Å². The van der Waals surface area contributed by atoms with Crippen molar-refractivity contribution in [2.75, 3.05) is 10.6 Å². The molecule has 0 aliphatic carbocycles. The third kappa shape index (κ3) is 5.98. The summed E-state index contributed by atoms with van der Waals surface area (Å²) in [5.41, 5.74) is 5.26. The molecule has 0 aliphatic heterocycles. The molecule has 168 valence electrons. The molecule has 3 rings (SSSR count). The highest BCUT2D eigenvalue weighted by molar-refractivity contribution is 7.92. The molecule has 6 heteroatoms. The van der Waals surface area contributed by atoms with Gasteiger partial charge < -0.3 is 5.32 Å². The summed E-state index contributed by atoms with van der Waals surface area (Å²) in [4.78, 5) is 12.7. The fourth-order valence-electron chi connectivity index (χ4n) is 3.52. The zero-order valence-corrected chi connectivity index (χ0v) is 19.8. The second-order valence-electron chi connectivity index (χ2n) is 8.10. The number of carbonyl (C=O) groups is 1. The summed E-state index contributed by atoms with van der Waals surface area (Å²) in [5, 5.41) is 3.02. The number of amides is 1. The van der Waals surface area contributed by atoms with Gasteiger partial charge in [0.1, 0.15) is 0 Å². The predicted octanol–water partition coefficient (Wildman–Crippen LogP) is 5.01. The third-order valence-electron chi connectivity index (χ3n) is 5.47. The van der Waals surface area contributed by atoms with Gasteiger partial charge in [-0.05, 0) is 66.8 Å². The van der Waals surface area contributed by atoms with E-state index in [0.29, 0.717) is 11.3 Å². The summed E-state index contributed by atoms with van der Waals surface area (Å²) >= 11 is 0. The van der Waals surface area contributed by atoms with Crippen molar-refractivity contribution < 1.29 is 13.2 Å². The van der Waals surface area contributed by atoms with Gasteiger partial charge in [0, 0.05) is 5.56 Å². The Balaban J connectivity index is 1.71. The van der Waals surface area contributed by atoms with Crippen molar-refractivity contribution in [3.63, 3.8) is 0 Å². The van der Waals surface area contributed by atoms with Gasteiger partial charge in [-0.25, -0.2) is 8.42 Å². The van der Waals surface area contributed by atoms with Crippen LogP contribution in [0.2, 0.25) is 0 Å². The molecule has 3 aromatic carbocycles. The number of hydrogen-bond acceptors (Lipinski definition) is 3. The zero-order chi connectivity index (χ0) is 23.3. The van der Waals surface area contributed by atoms with Crippen LogP contribution < -0.4 is 9.62 Å². The molecule has 0 aromatic heterocycles. The Bertz CT molecular complexity index is 1170. The monoisotopic (exact) mass is 450 g/mol. The standard InChI is InChI=1S/C26H30N2O3S/c1-5-21-9-13-23(14-10-21)20(3)27-26(29)24-15-11-22(12-16-24)18-28(32(4,30)31)25-8-6-7-19(2)17-25/h6-17,20H,5,18H2,1-4H3,(H,27,29). The molecule has 1 atom stereocenters. The van der Waals surface area contributed by atoms with Crippen LogP contribution in [-0.2, 0) is 23.0 Å². The first-order valence-corrected chi connectivity index (χ1v) is 12.5. The lowest BCUT2D eigenvalue weighted by Gasteiger charge is -2.23. The van der Waals surface area contributed by atoms with E-state index in [4.69, 9.17) is 0 Å². The predicted molar refractivity (Wildman–Crippen MR) is 130 cm³/mol. The van der Waals surface area contributed by atoms with Gasteiger partial charge >= 0.3 is 0 Å². The maximum atomic E-state index is 12.7. The Morgan fingerprint density at radius 1 is 0.969 bits per heavy atom. The first-order valence-electron chi connectivity index (χ1n) is 10.7. The fourth-order valence-corrected chi connectivity index (χ4v) is 4.40. The van der Waals surface area contributed by atoms with Gasteiger partial charge in [-0.2, -0.15) is 0 Å². The maximum Gasteiger partial charge on any atom is 0.251 e. The van der Waals surface area contributed by atoms with E-state index in [-0.39, 0.29) is 18.5 Å². The molecule has 5 nitrogen and oxygen atoms in total. The molecule has 0 heterocycles. The second-order valence-corrected chi connectivity index (χ2v) is 10.0. The van der Waals surface area contributed by atoms with Gasteiger partial charge in [0.15, 0.2) is 0 Å². The van der Waals surface area contributed by atoms with Crippen LogP contribution in [-0.4, -0.2) is 20.6 Å². The normalized spacial score (nSPS) is 12.2. The van der Waals surface area contributed by atoms with E-state index in [0.717, 1.165) is 23.1 Å². The molecular formula is C26H30N2O3S. The summed E-state index contributed by atoms with van der Waals surface area (Å²) in [6, 6.07) is 22.6. The highest BCUT2D eigenvalue weighted by Crippen LogP contribution is 2.22. The number of nitrogens with one attached hydrogen (secondary N) is 1. The van der Waals surface area contributed by atoms with Crippen LogP contribution in [0.5, 0.6) is 0 Å². The van der Waals surface area contributed by atoms with Crippen LogP contribution in [0.4, 0.5) is 5.69 Å². The van der Waals surface area contributed by atoms with E-state index >= 15 is 0 Å². The Morgan fingerprint density at radius 3 is 2.16 bits per heavy atom. The largest absolute Gasteiger partial charge is 0.346 e. The van der Waals surface area contributed by atoms with Gasteiger partial charge in [0.05, 0.1) is 24.5 Å². The van der Waals surface area contributed by atoms with Crippen molar-refractivity contribution >= 4 is 21.6 Å². The summed E-state index contributed by atoms with van der Waals surface area (Å²) in [6.45, 7) is 6.19. The lowest BCUT2D eigenvalue weighted by molar-refractivity contribution is 0.0940. The lowest BCUT2D eigenvalue weighted by Crippen LogP contribution is -2.29. The van der Waals surface area contributed by atoms with Crippen LogP contribution in [0.15, 0.2) is 72.8 Å². The quantitative estimate of drug-likeness (QED) is 0.524. The third-order valence-corrected chi connectivity index (χ3v) is 6.61. The molecule has 1 amide bonds. The number of hydrogen-bond donors (Lipinski definition) is 1. The lowest BCUT2D eigenvalue weighted by atomic mass is 10.0. The fraction of sp³-hybridized carbons (Fsp3) is 0.269. The molecule has 0 spiro atoms. The zero-order valence-electron chi connectivity index (χ0n) is 19.0. The minimum atomic E-state index is -3.46. The Labute approximate surface area is 191 Å². The summed E-state index contributed by atoms with van der Waals surface area (Å²) in [5.74, 6) is -0.165. The molecule has 0 bridgehead atoms. The number of sulfonamides is 1. The average molecular weight is 451 g/mol. The van der Waals surface area contributed by atoms with Crippen LogP contribution >= 0.6 is 0 Å². The van der Waals surface area contributed by atoms with Crippen molar-refractivity contribution in [3.05, 3.63) is 101 Å². The van der Waals surface area contributed by atoms with E-state index < -0.39 is 10.0 Å². The molecule has 0 radical (unpaired) electrons. The highest BCUT2D eigenvalue weighted by Gasteiger charge is 2.18. The Kier molecular flexibility index (Phi) is 7.36. The van der Waals surface area contributed by atoms with Gasteiger partial charge in [0.25, 0.3) is 5.91 Å². The van der Waals surface area contributed by atoms with Gasteiger partial charge in [-0.1, -0.05) is 55.5 Å². The smallest absolute Gasteiger partial charge is 0.251 e. The summed E-state index contributed by atoms with van der Waals surface area (Å²) in [7, 11) is -3.46. The summed E-state index contributed by atoms with van der Waals surface area (Å²) in [6.07, 6.45) is 2.18. The van der Waals surface area contributed by atoms with Crippen LogP contribution in [0.1, 0.15) is 52.5 Å². The molecule has 32 heavy (non-hydrogen) atoms. The highest BCUT2D eigenvalue weighted by atomic mass is 32.2. The van der Waals surface area contributed by atoms with E-state index in [2.05, 4.69) is 24.4 Å². The summed E-state index contributed by atoms with van der Waals surface area (Å²) < 4.78 is 26.1. The van der Waals surface area contributed by atoms with Crippen molar-refractivity contribution in [1.82, 2.24) is 5.32 Å². The maximum absolute atomic E-state index is 12.7. The number of aryl methyl sites for hydroxylation is 2. The van der Waals surface area contributed by atoms with E-state index in [1.54, 1.807) is 30.3 Å². The van der Waals surface area contributed by atoms with Crippen molar-refractivity contribution in [2.45, 2.75) is 39.8 Å². The van der Waals surface area contributed by atoms with E-state index in [1.807, 2.05) is 44.2 Å². The van der Waals surface area contributed by atoms with Crippen LogP contribution in [0, 0.1) is 6.92 Å². The Hall–Kier alpha value is -3.12. The second kappa shape index (κ2) is 10.0. The van der Waals surface area contributed by atoms with Crippen LogP contribution in [0.3, 0.4) is 0 Å². The molecule has 1 unspecified atom stereocenters. The van der Waals surface area contributed by atoms with E-state index in [9.17, 15) is 13.2 Å². The number of nitrogens with zero attached hydrogens (tertiary/aromatic N) is 1. The molecule has 0 fully saturated rings.